The molecule has 6 rings (SSSR count). The van der Waals surface area contributed by atoms with E-state index in [1.54, 1.807) is 24.3 Å². The van der Waals surface area contributed by atoms with E-state index in [1.807, 2.05) is 55.4 Å². The van der Waals surface area contributed by atoms with E-state index in [1.165, 1.54) is 9.80 Å². The third-order valence-corrected chi connectivity index (χ3v) is 10.2. The van der Waals surface area contributed by atoms with Crippen molar-refractivity contribution < 1.29 is 29.6 Å². The Labute approximate surface area is 246 Å². The third-order valence-electron chi connectivity index (χ3n) is 10.2. The first-order chi connectivity index (χ1) is 19.3. The molecule has 6 aliphatic rings. The molecule has 0 aromatic carbocycles. The smallest absolute Gasteiger partial charge is 0.261 e. The molecule has 2 radical (unpaired) electrons. The zero-order valence-corrected chi connectivity index (χ0v) is 25.7. The van der Waals surface area contributed by atoms with Crippen molar-refractivity contribution >= 4 is 23.6 Å². The van der Waals surface area contributed by atoms with Gasteiger partial charge in [0.1, 0.15) is 0 Å². The summed E-state index contributed by atoms with van der Waals surface area (Å²) < 4.78 is 0. The molecule has 10 heteroatoms. The van der Waals surface area contributed by atoms with Crippen LogP contribution in [0.3, 0.4) is 0 Å². The number of hydroxylamine groups is 4. The fourth-order valence-electron chi connectivity index (χ4n) is 8.74. The van der Waals surface area contributed by atoms with Gasteiger partial charge in [-0.2, -0.15) is 0 Å². The summed E-state index contributed by atoms with van der Waals surface area (Å²) in [7, 11) is 0. The van der Waals surface area contributed by atoms with E-state index in [2.05, 4.69) is 0 Å². The summed E-state index contributed by atoms with van der Waals surface area (Å²) in [4.78, 5) is 58.7. The average molecular weight is 577 g/mol. The molecule has 4 aliphatic heterocycles. The number of rotatable bonds is 2. The van der Waals surface area contributed by atoms with Crippen LogP contribution in [0.15, 0.2) is 46.6 Å². The monoisotopic (exact) mass is 576 g/mol. The summed E-state index contributed by atoms with van der Waals surface area (Å²) in [6.45, 7) is 14.6. The van der Waals surface area contributed by atoms with Gasteiger partial charge in [0, 0.05) is 45.4 Å². The van der Waals surface area contributed by atoms with Gasteiger partial charge in [-0.05, 0) is 92.2 Å². The molecule has 2 aliphatic carbocycles. The molecule has 0 N–H and O–H groups in total. The van der Waals surface area contributed by atoms with E-state index in [0.717, 1.165) is 10.1 Å². The Hall–Kier alpha value is -2.92. The molecular formula is C32H40N4O6. The molecule has 0 bridgehead atoms. The van der Waals surface area contributed by atoms with Crippen LogP contribution in [-0.4, -0.2) is 77.8 Å². The van der Waals surface area contributed by atoms with Crippen molar-refractivity contribution in [2.24, 2.45) is 11.8 Å². The van der Waals surface area contributed by atoms with Crippen molar-refractivity contribution in [3.8, 4) is 0 Å². The molecule has 2 atom stereocenters. The topological polar surface area (TPSA) is 121 Å². The van der Waals surface area contributed by atoms with Crippen molar-refractivity contribution in [1.82, 2.24) is 19.9 Å². The highest BCUT2D eigenvalue weighted by Gasteiger charge is 2.57. The summed E-state index contributed by atoms with van der Waals surface area (Å²) in [5.74, 6) is -3.27. The highest BCUT2D eigenvalue weighted by Crippen LogP contribution is 2.50. The van der Waals surface area contributed by atoms with Crippen molar-refractivity contribution in [2.45, 2.75) is 115 Å². The zero-order chi connectivity index (χ0) is 30.9. The fourth-order valence-corrected chi connectivity index (χ4v) is 8.74. The molecule has 224 valence electrons. The lowest BCUT2D eigenvalue weighted by Crippen LogP contribution is -2.66. The maximum atomic E-state index is 14.0. The van der Waals surface area contributed by atoms with Gasteiger partial charge >= 0.3 is 0 Å². The lowest BCUT2D eigenvalue weighted by atomic mass is 9.67. The first kappa shape index (κ1) is 29.2. The Morgan fingerprint density at radius 3 is 1.12 bits per heavy atom. The van der Waals surface area contributed by atoms with Crippen LogP contribution in [0.2, 0.25) is 0 Å². The number of nitrogens with zero attached hydrogens (tertiary/aromatic N) is 4. The minimum absolute atomic E-state index is 0.323. The number of imide groups is 2. The fraction of sp³-hybridized carbons (Fsp3) is 0.625. The van der Waals surface area contributed by atoms with Crippen LogP contribution in [0.5, 0.6) is 0 Å². The molecule has 0 aromatic heterocycles. The van der Waals surface area contributed by atoms with Gasteiger partial charge in [0.2, 0.25) is 11.8 Å². The van der Waals surface area contributed by atoms with E-state index in [4.69, 9.17) is 0 Å². The van der Waals surface area contributed by atoms with Gasteiger partial charge in [-0.25, -0.2) is 0 Å². The van der Waals surface area contributed by atoms with Crippen molar-refractivity contribution in [2.75, 3.05) is 0 Å². The Kier molecular flexibility index (Phi) is 6.12. The van der Waals surface area contributed by atoms with Crippen LogP contribution in [0.4, 0.5) is 0 Å². The second-order valence-electron chi connectivity index (χ2n) is 15.3. The number of hydrogen-bond donors (Lipinski definition) is 0. The SMILES string of the molecule is CC1(C)CC(N2C(=O)C3=C4C5=C(C=CC4C2=O)C(=O)N(C2CC(C)(C)N([O])C(C)(C)C2)C(=O)C5C=C3)CC(C)(C)N1[O]. The molecule has 0 saturated carbocycles. The maximum absolute atomic E-state index is 14.0. The van der Waals surface area contributed by atoms with E-state index < -0.39 is 57.9 Å². The number of carbonyl (C=O) groups is 4. The molecule has 42 heavy (non-hydrogen) atoms. The standard InChI is InChI=1S/C32H40N4O6/c1-29(2)13-17(14-30(3,4)35(29)41)33-25(37)19-9-11-21-24-22(12-10-20(23(19)24)26(33)38)28(40)34(27(21)39)18-15-31(5,6)36(42)32(7,8)16-18/h9-12,17-19,22H,13-16H2,1-8H3. The second-order valence-corrected chi connectivity index (χ2v) is 15.3. The van der Waals surface area contributed by atoms with Crippen LogP contribution in [-0.2, 0) is 29.6 Å². The molecular weight excluding hydrogens is 536 g/mol. The van der Waals surface area contributed by atoms with Crippen molar-refractivity contribution in [3.63, 3.8) is 0 Å². The molecule has 2 unspecified atom stereocenters. The summed E-state index contributed by atoms with van der Waals surface area (Å²) in [5, 5.41) is 28.1. The Morgan fingerprint density at radius 2 is 0.833 bits per heavy atom. The van der Waals surface area contributed by atoms with Crippen LogP contribution in [0.1, 0.15) is 81.1 Å². The molecule has 4 heterocycles. The van der Waals surface area contributed by atoms with E-state index >= 15 is 0 Å². The van der Waals surface area contributed by atoms with E-state index in [-0.39, 0.29) is 11.8 Å². The lowest BCUT2D eigenvalue weighted by molar-refractivity contribution is -0.293. The molecule has 10 nitrogen and oxygen atoms in total. The van der Waals surface area contributed by atoms with Gasteiger partial charge in [-0.15, -0.1) is 20.5 Å². The summed E-state index contributed by atoms with van der Waals surface area (Å²) in [5.41, 5.74) is -1.55. The molecule has 4 amide bonds. The molecule has 2 fully saturated rings. The predicted molar refractivity (Wildman–Crippen MR) is 150 cm³/mol. The summed E-state index contributed by atoms with van der Waals surface area (Å²) >= 11 is 0. The minimum atomic E-state index is -0.797. The van der Waals surface area contributed by atoms with Gasteiger partial charge in [0.15, 0.2) is 0 Å². The highest BCUT2D eigenvalue weighted by molar-refractivity contribution is 6.18. The molecule has 0 spiro atoms. The normalized spacial score (nSPS) is 32.7. The number of piperidine rings is 2. The molecule has 0 aromatic rings. The van der Waals surface area contributed by atoms with E-state index in [9.17, 15) is 29.6 Å². The largest absolute Gasteiger partial charge is 0.274 e. The molecule has 2 saturated heterocycles. The third kappa shape index (κ3) is 3.91. The van der Waals surface area contributed by atoms with Gasteiger partial charge in [-0.3, -0.25) is 29.0 Å². The Morgan fingerprint density at radius 1 is 0.548 bits per heavy atom. The van der Waals surface area contributed by atoms with Gasteiger partial charge in [-0.1, -0.05) is 24.3 Å². The van der Waals surface area contributed by atoms with Crippen LogP contribution in [0.25, 0.3) is 0 Å². The zero-order valence-electron chi connectivity index (χ0n) is 25.7. The van der Waals surface area contributed by atoms with Gasteiger partial charge in [0.25, 0.3) is 11.8 Å². The highest BCUT2D eigenvalue weighted by atomic mass is 16.5. The minimum Gasteiger partial charge on any atom is -0.274 e. The number of carbonyl (C=O) groups excluding carboxylic acids is 4. The maximum Gasteiger partial charge on any atom is 0.261 e. The number of amides is 4. The first-order valence-corrected chi connectivity index (χ1v) is 14.8. The average Bonchev–Trinajstić information content (AvgIpc) is 2.87. The first-order valence-electron chi connectivity index (χ1n) is 14.8. The quantitative estimate of drug-likeness (QED) is 0.465. The number of hydrogen-bond acceptors (Lipinski definition) is 6. The van der Waals surface area contributed by atoms with Gasteiger partial charge < -0.3 is 0 Å². The summed E-state index contributed by atoms with van der Waals surface area (Å²) in [6.07, 6.45) is 7.99. The lowest BCUT2D eigenvalue weighted by Gasteiger charge is -2.54. The van der Waals surface area contributed by atoms with Crippen LogP contribution >= 0.6 is 0 Å². The van der Waals surface area contributed by atoms with Crippen LogP contribution in [0, 0.1) is 11.8 Å². The van der Waals surface area contributed by atoms with E-state index in [0.29, 0.717) is 48.0 Å². The predicted octanol–water partition coefficient (Wildman–Crippen LogP) is 3.42. The Bertz CT molecular complexity index is 1300. The van der Waals surface area contributed by atoms with Crippen molar-refractivity contribution in [1.29, 1.82) is 0 Å². The Balaban J connectivity index is 1.39. The summed E-state index contributed by atoms with van der Waals surface area (Å²) in [6, 6.07) is -0.930. The second kappa shape index (κ2) is 8.81. The van der Waals surface area contributed by atoms with Crippen molar-refractivity contribution in [3.05, 3.63) is 46.6 Å². The van der Waals surface area contributed by atoms with Crippen LogP contribution < -0.4 is 0 Å². The van der Waals surface area contributed by atoms with Gasteiger partial charge in [0.05, 0.1) is 11.8 Å².